The molecule has 1 saturated carbocycles. The number of aromatic nitrogens is 2. The number of sulfonamides is 1. The quantitative estimate of drug-likeness (QED) is 0.466. The zero-order chi connectivity index (χ0) is 23.6. The molecular weight excluding hydrogens is 464 g/mol. The molecule has 1 fully saturated rings. The molecule has 1 heterocycles. The van der Waals surface area contributed by atoms with Crippen LogP contribution in [0.15, 0.2) is 57.9 Å². The van der Waals surface area contributed by atoms with Crippen LogP contribution in [0.1, 0.15) is 66.3 Å². The lowest BCUT2D eigenvalue weighted by Gasteiger charge is -2.19. The molecule has 3 aromatic rings. The number of nitrogens with zero attached hydrogens (tertiary/aromatic N) is 2. The van der Waals surface area contributed by atoms with Crippen molar-refractivity contribution in [2.24, 2.45) is 5.92 Å². The summed E-state index contributed by atoms with van der Waals surface area (Å²) in [6, 6.07) is 12.8. The van der Waals surface area contributed by atoms with Crippen molar-refractivity contribution in [3.63, 3.8) is 0 Å². The molecule has 0 aliphatic heterocycles. The van der Waals surface area contributed by atoms with E-state index >= 15 is 0 Å². The third-order valence-corrected chi connectivity index (χ3v) is 7.29. The second-order valence-electron chi connectivity index (χ2n) is 8.42. The predicted molar refractivity (Wildman–Crippen MR) is 123 cm³/mol. The number of carbonyl (C=O) groups is 1. The van der Waals surface area contributed by atoms with Gasteiger partial charge in [0, 0.05) is 18.0 Å². The van der Waals surface area contributed by atoms with E-state index in [4.69, 9.17) is 16.1 Å². The van der Waals surface area contributed by atoms with Crippen molar-refractivity contribution in [3.8, 4) is 0 Å². The lowest BCUT2D eigenvalue weighted by molar-refractivity contribution is 0.0913. The summed E-state index contributed by atoms with van der Waals surface area (Å²) in [5.41, 5.74) is 0.961. The number of hydrogen-bond donors (Lipinski definition) is 2. The fourth-order valence-electron chi connectivity index (χ4n) is 3.32. The molecule has 0 bridgehead atoms. The number of hydrogen-bond acceptors (Lipinski definition) is 6. The van der Waals surface area contributed by atoms with Crippen LogP contribution in [0, 0.1) is 5.92 Å². The third-order valence-electron chi connectivity index (χ3n) is 5.41. The first-order valence-electron chi connectivity index (χ1n) is 10.7. The average molecular weight is 489 g/mol. The number of carbonyl (C=O) groups excluding carboxylic acids is 1. The van der Waals surface area contributed by atoms with E-state index in [9.17, 15) is 13.2 Å². The number of rotatable bonds is 9. The summed E-state index contributed by atoms with van der Waals surface area (Å²) in [7, 11) is -3.94. The maximum atomic E-state index is 13.0. The predicted octanol–water partition coefficient (Wildman–Crippen LogP) is 4.21. The van der Waals surface area contributed by atoms with Gasteiger partial charge in [-0.05, 0) is 42.5 Å². The van der Waals surface area contributed by atoms with Gasteiger partial charge >= 0.3 is 0 Å². The molecule has 0 saturated heterocycles. The highest BCUT2D eigenvalue weighted by Crippen LogP contribution is 2.38. The summed E-state index contributed by atoms with van der Waals surface area (Å²) in [5.74, 6) is 0.847. The van der Waals surface area contributed by atoms with Gasteiger partial charge in [0.05, 0.1) is 5.02 Å². The minimum absolute atomic E-state index is 0.0236. The minimum atomic E-state index is -3.94. The molecule has 1 aliphatic carbocycles. The molecule has 8 nitrogen and oxygen atoms in total. The average Bonchev–Trinajstić information content (AvgIpc) is 3.54. The smallest absolute Gasteiger partial charge is 0.251 e. The first-order chi connectivity index (χ1) is 15.7. The Hall–Kier alpha value is -2.75. The summed E-state index contributed by atoms with van der Waals surface area (Å²) in [4.78, 5) is 17.3. The molecule has 2 aromatic carbocycles. The fraction of sp³-hybridized carbons (Fsp3) is 0.348. The second-order valence-corrected chi connectivity index (χ2v) is 10.6. The van der Waals surface area contributed by atoms with Crippen molar-refractivity contribution in [1.29, 1.82) is 0 Å². The lowest BCUT2D eigenvalue weighted by atomic mass is 10.0. The van der Waals surface area contributed by atoms with Gasteiger partial charge in [-0.25, -0.2) is 13.1 Å². The highest BCUT2D eigenvalue weighted by Gasteiger charge is 2.32. The maximum Gasteiger partial charge on any atom is 0.251 e. The van der Waals surface area contributed by atoms with Gasteiger partial charge in [-0.15, -0.1) is 0 Å². The van der Waals surface area contributed by atoms with E-state index < -0.39 is 22.0 Å². The van der Waals surface area contributed by atoms with Crippen LogP contribution in [0.25, 0.3) is 0 Å². The normalized spacial score (nSPS) is 14.9. The summed E-state index contributed by atoms with van der Waals surface area (Å²) in [6.07, 6.45) is 2.08. The Morgan fingerprint density at radius 1 is 1.18 bits per heavy atom. The van der Waals surface area contributed by atoms with Crippen molar-refractivity contribution >= 4 is 27.5 Å². The van der Waals surface area contributed by atoms with Crippen LogP contribution in [-0.2, 0) is 16.6 Å². The van der Waals surface area contributed by atoms with Gasteiger partial charge in [-0.3, -0.25) is 4.79 Å². The van der Waals surface area contributed by atoms with Crippen molar-refractivity contribution in [2.45, 2.75) is 50.1 Å². The Labute approximate surface area is 197 Å². The molecule has 1 unspecified atom stereocenters. The van der Waals surface area contributed by atoms with E-state index in [1.165, 1.54) is 18.2 Å². The Bertz CT molecular complexity index is 1240. The van der Waals surface area contributed by atoms with Gasteiger partial charge < -0.3 is 9.84 Å². The maximum absolute atomic E-state index is 13.0. The zero-order valence-electron chi connectivity index (χ0n) is 18.3. The highest BCUT2D eigenvalue weighted by molar-refractivity contribution is 7.89. The highest BCUT2D eigenvalue weighted by atomic mass is 35.5. The van der Waals surface area contributed by atoms with E-state index in [-0.39, 0.29) is 27.9 Å². The Balaban J connectivity index is 1.52. The third kappa shape index (κ3) is 5.61. The van der Waals surface area contributed by atoms with Crippen molar-refractivity contribution in [2.75, 3.05) is 0 Å². The molecular formula is C23H25ClN4O4S. The molecule has 4 rings (SSSR count). The number of nitrogens with one attached hydrogen (secondary N) is 2. The molecule has 0 spiro atoms. The Kier molecular flexibility index (Phi) is 6.83. The fourth-order valence-corrected chi connectivity index (χ4v) is 4.86. The minimum Gasteiger partial charge on any atom is -0.340 e. The number of amides is 1. The van der Waals surface area contributed by atoms with Gasteiger partial charge in [-0.1, -0.05) is 60.9 Å². The van der Waals surface area contributed by atoms with Crippen LogP contribution in [0.3, 0.4) is 0 Å². The summed E-state index contributed by atoms with van der Waals surface area (Å²) in [5, 5.41) is 6.93. The van der Waals surface area contributed by atoms with E-state index in [1.807, 2.05) is 44.2 Å². The molecule has 1 atom stereocenters. The van der Waals surface area contributed by atoms with Crippen LogP contribution in [-0.4, -0.2) is 24.5 Å². The summed E-state index contributed by atoms with van der Waals surface area (Å²) < 4.78 is 33.6. The van der Waals surface area contributed by atoms with Gasteiger partial charge in [0.1, 0.15) is 10.9 Å². The molecule has 0 radical (unpaired) electrons. The SMILES string of the molecule is CC(C)C(NC(=O)c1ccc(Cl)c(S(=O)(=O)NCc2ccccc2)c1)c1nc(C2CC2)no1. The van der Waals surface area contributed by atoms with Gasteiger partial charge in [0.15, 0.2) is 5.82 Å². The van der Waals surface area contributed by atoms with Gasteiger partial charge in [-0.2, -0.15) is 4.98 Å². The van der Waals surface area contributed by atoms with Crippen molar-refractivity contribution in [3.05, 3.63) is 76.4 Å². The zero-order valence-corrected chi connectivity index (χ0v) is 19.9. The van der Waals surface area contributed by atoms with Crippen LogP contribution < -0.4 is 10.0 Å². The molecule has 1 aliphatic rings. The molecule has 1 aromatic heterocycles. The van der Waals surface area contributed by atoms with E-state index in [0.717, 1.165) is 18.4 Å². The number of halogens is 1. The van der Waals surface area contributed by atoms with E-state index in [2.05, 4.69) is 20.2 Å². The molecule has 2 N–H and O–H groups in total. The van der Waals surface area contributed by atoms with Gasteiger partial charge in [0.25, 0.3) is 5.91 Å². The Morgan fingerprint density at radius 3 is 2.58 bits per heavy atom. The molecule has 1 amide bonds. The first kappa shape index (κ1) is 23.4. The largest absolute Gasteiger partial charge is 0.340 e. The van der Waals surface area contributed by atoms with Crippen molar-refractivity contribution < 1.29 is 17.7 Å². The van der Waals surface area contributed by atoms with E-state index in [1.54, 1.807) is 0 Å². The number of benzene rings is 2. The van der Waals surface area contributed by atoms with Crippen LogP contribution in [0.5, 0.6) is 0 Å². The lowest BCUT2D eigenvalue weighted by Crippen LogP contribution is -2.32. The summed E-state index contributed by atoms with van der Waals surface area (Å²) >= 11 is 6.17. The summed E-state index contributed by atoms with van der Waals surface area (Å²) in [6.45, 7) is 3.96. The first-order valence-corrected chi connectivity index (χ1v) is 12.6. The van der Waals surface area contributed by atoms with Crippen molar-refractivity contribution in [1.82, 2.24) is 20.2 Å². The molecule has 10 heteroatoms. The molecule has 33 heavy (non-hydrogen) atoms. The van der Waals surface area contributed by atoms with Crippen LogP contribution in [0.4, 0.5) is 0 Å². The molecule has 174 valence electrons. The monoisotopic (exact) mass is 488 g/mol. The standard InChI is InChI=1S/C23H25ClN4O4S/c1-14(2)20(23-27-21(28-32-23)16-8-9-16)26-22(29)17-10-11-18(24)19(12-17)33(30,31)25-13-15-6-4-3-5-7-15/h3-7,10-12,14,16,20,25H,8-9,13H2,1-2H3,(H,26,29). The second kappa shape index (κ2) is 9.62. The topological polar surface area (TPSA) is 114 Å². The van der Waals surface area contributed by atoms with Crippen LogP contribution in [0.2, 0.25) is 5.02 Å². The Morgan fingerprint density at radius 2 is 1.91 bits per heavy atom. The van der Waals surface area contributed by atoms with E-state index in [0.29, 0.717) is 17.6 Å². The van der Waals surface area contributed by atoms with Gasteiger partial charge in [0.2, 0.25) is 15.9 Å². The van der Waals surface area contributed by atoms with Crippen LogP contribution >= 0.6 is 11.6 Å².